The summed E-state index contributed by atoms with van der Waals surface area (Å²) in [5, 5.41) is 10.3. The van der Waals surface area contributed by atoms with Crippen LogP contribution >= 0.6 is 0 Å². The summed E-state index contributed by atoms with van der Waals surface area (Å²) in [6.45, 7) is 15.3. The maximum Gasteiger partial charge on any atom is 0.312 e. The van der Waals surface area contributed by atoms with E-state index in [9.17, 15) is 9.90 Å². The van der Waals surface area contributed by atoms with E-state index in [2.05, 4.69) is 33.9 Å². The van der Waals surface area contributed by atoms with Gasteiger partial charge in [0.2, 0.25) is 0 Å². The van der Waals surface area contributed by atoms with Gasteiger partial charge in [-0.1, -0.05) is 20.8 Å². The van der Waals surface area contributed by atoms with Crippen LogP contribution in [0.3, 0.4) is 0 Å². The lowest BCUT2D eigenvalue weighted by atomic mass is 9.89. The van der Waals surface area contributed by atoms with E-state index < -0.39 is 25.9 Å². The number of carbonyl (C=O) groups is 1. The average molecular weight is 302 g/mol. The van der Waals surface area contributed by atoms with Crippen LogP contribution in [0.15, 0.2) is 0 Å². The summed E-state index contributed by atoms with van der Waals surface area (Å²) in [7, 11) is -1.72. The largest absolute Gasteiger partial charge is 0.456 e. The van der Waals surface area contributed by atoms with Gasteiger partial charge in [0.25, 0.3) is 0 Å². The molecule has 0 bridgehead atoms. The van der Waals surface area contributed by atoms with Crippen molar-refractivity contribution in [2.75, 3.05) is 6.61 Å². The minimum atomic E-state index is -1.72. The average Bonchev–Trinajstić information content (AvgIpc) is 2.48. The summed E-state index contributed by atoms with van der Waals surface area (Å²) in [5.74, 6) is -0.730. The highest BCUT2D eigenvalue weighted by Crippen LogP contribution is 2.38. The number of cyclic esters (lactones) is 1. The van der Waals surface area contributed by atoms with E-state index in [1.165, 1.54) is 0 Å². The van der Waals surface area contributed by atoms with Crippen LogP contribution in [0.1, 0.15) is 47.5 Å². The van der Waals surface area contributed by atoms with Gasteiger partial charge in [0, 0.05) is 6.61 Å². The molecule has 1 aliphatic heterocycles. The highest BCUT2D eigenvalue weighted by Gasteiger charge is 2.49. The normalized spacial score (nSPS) is 31.5. The molecule has 2 unspecified atom stereocenters. The van der Waals surface area contributed by atoms with E-state index >= 15 is 0 Å². The molecule has 1 heterocycles. The van der Waals surface area contributed by atoms with Gasteiger partial charge >= 0.3 is 5.97 Å². The van der Waals surface area contributed by atoms with Crippen LogP contribution in [-0.4, -0.2) is 37.7 Å². The molecule has 1 N–H and O–H groups in total. The Kier molecular flexibility index (Phi) is 5.10. The monoisotopic (exact) mass is 302 g/mol. The highest BCUT2D eigenvalue weighted by atomic mass is 28.4. The molecule has 3 atom stereocenters. The van der Waals surface area contributed by atoms with E-state index in [0.717, 1.165) is 6.42 Å². The number of aliphatic hydroxyl groups is 1. The molecule has 0 amide bonds. The number of ether oxygens (including phenoxy) is 1. The van der Waals surface area contributed by atoms with E-state index in [4.69, 9.17) is 9.16 Å². The van der Waals surface area contributed by atoms with Crippen LogP contribution in [0.4, 0.5) is 0 Å². The molecule has 1 fully saturated rings. The lowest BCUT2D eigenvalue weighted by Crippen LogP contribution is -2.42. The Labute approximate surface area is 124 Å². The van der Waals surface area contributed by atoms with Gasteiger partial charge in [-0.05, 0) is 44.8 Å². The van der Waals surface area contributed by atoms with Gasteiger partial charge in [-0.25, -0.2) is 0 Å². The van der Waals surface area contributed by atoms with E-state index in [1.54, 1.807) is 6.92 Å². The molecule has 4 nitrogen and oxygen atoms in total. The van der Waals surface area contributed by atoms with E-state index in [1.807, 2.05) is 6.92 Å². The van der Waals surface area contributed by atoms with Gasteiger partial charge in [0.05, 0.1) is 5.92 Å². The van der Waals surface area contributed by atoms with Crippen LogP contribution in [0.5, 0.6) is 0 Å². The molecular formula is C15H30O4Si. The number of hydrogen-bond acceptors (Lipinski definition) is 4. The molecule has 0 saturated carbocycles. The molecular weight excluding hydrogens is 272 g/mol. The molecule has 1 rings (SSSR count). The zero-order valence-electron chi connectivity index (χ0n) is 13.9. The molecule has 0 radical (unpaired) electrons. The fraction of sp³-hybridized carbons (Fsp3) is 0.933. The first kappa shape index (κ1) is 17.7. The van der Waals surface area contributed by atoms with Crippen molar-refractivity contribution in [2.45, 2.75) is 77.3 Å². The minimum absolute atomic E-state index is 0.199. The van der Waals surface area contributed by atoms with Crippen LogP contribution in [0.25, 0.3) is 0 Å². The Bertz CT molecular complexity index is 361. The van der Waals surface area contributed by atoms with Crippen molar-refractivity contribution in [1.29, 1.82) is 0 Å². The number of rotatable bonds is 5. The Morgan fingerprint density at radius 3 is 2.35 bits per heavy atom. The summed E-state index contributed by atoms with van der Waals surface area (Å²) in [4.78, 5) is 11.5. The van der Waals surface area contributed by atoms with Gasteiger partial charge in [-0.3, -0.25) is 4.79 Å². The first-order valence-electron chi connectivity index (χ1n) is 7.45. The third-order valence-corrected chi connectivity index (χ3v) is 9.43. The summed E-state index contributed by atoms with van der Waals surface area (Å²) >= 11 is 0. The van der Waals surface area contributed by atoms with Crippen LogP contribution in [-0.2, 0) is 14.0 Å². The number of hydrogen-bond donors (Lipinski definition) is 1. The molecule has 0 aromatic rings. The van der Waals surface area contributed by atoms with Gasteiger partial charge < -0.3 is 14.3 Å². The summed E-state index contributed by atoms with van der Waals surface area (Å²) in [6, 6.07) is 0. The van der Waals surface area contributed by atoms with Crippen molar-refractivity contribution in [3.63, 3.8) is 0 Å². The second-order valence-corrected chi connectivity index (χ2v) is 12.5. The molecule has 1 aliphatic rings. The molecule has 118 valence electrons. The Morgan fingerprint density at radius 1 is 1.40 bits per heavy atom. The van der Waals surface area contributed by atoms with E-state index in [-0.39, 0.29) is 11.0 Å². The van der Waals surface area contributed by atoms with Gasteiger partial charge in [0.1, 0.15) is 11.7 Å². The van der Waals surface area contributed by atoms with Gasteiger partial charge in [-0.15, -0.1) is 0 Å². The van der Waals surface area contributed by atoms with Crippen molar-refractivity contribution in [3.05, 3.63) is 0 Å². The molecule has 0 aliphatic carbocycles. The van der Waals surface area contributed by atoms with E-state index in [0.29, 0.717) is 13.0 Å². The van der Waals surface area contributed by atoms with Crippen LogP contribution < -0.4 is 0 Å². The first-order chi connectivity index (χ1) is 8.91. The van der Waals surface area contributed by atoms with Crippen molar-refractivity contribution >= 4 is 14.3 Å². The maximum atomic E-state index is 11.5. The zero-order chi connectivity index (χ0) is 15.8. The second kappa shape index (κ2) is 5.77. The standard InChI is InChI=1S/C15H30O4Si/c1-11-12(16)15(5,19-13(11)17)9-8-10-18-20(6,7)14(2,3)4/h11-12,16H,8-10H2,1-7H3/t11?,12?,15-/m0/s1. The topological polar surface area (TPSA) is 55.8 Å². The Hall–Kier alpha value is -0.393. The number of carbonyl (C=O) groups excluding carboxylic acids is 1. The highest BCUT2D eigenvalue weighted by molar-refractivity contribution is 6.74. The molecule has 0 spiro atoms. The summed E-state index contributed by atoms with van der Waals surface area (Å²) < 4.78 is 11.4. The third kappa shape index (κ3) is 3.62. The minimum Gasteiger partial charge on any atom is -0.456 e. The second-order valence-electron chi connectivity index (χ2n) is 7.68. The van der Waals surface area contributed by atoms with Crippen LogP contribution in [0, 0.1) is 5.92 Å². The number of esters is 1. The summed E-state index contributed by atoms with van der Waals surface area (Å²) in [5.41, 5.74) is -0.757. The third-order valence-electron chi connectivity index (χ3n) is 4.89. The Balaban J connectivity index is 2.44. The zero-order valence-corrected chi connectivity index (χ0v) is 14.9. The van der Waals surface area contributed by atoms with Crippen molar-refractivity contribution in [3.8, 4) is 0 Å². The SMILES string of the molecule is CC1C(=O)O[C@@](C)(CCCO[Si](C)(C)C(C)(C)C)C1O. The first-order valence-corrected chi connectivity index (χ1v) is 10.4. The van der Waals surface area contributed by atoms with Crippen molar-refractivity contribution in [1.82, 2.24) is 0 Å². The van der Waals surface area contributed by atoms with Crippen molar-refractivity contribution in [2.24, 2.45) is 5.92 Å². The Morgan fingerprint density at radius 2 is 1.95 bits per heavy atom. The fourth-order valence-corrected chi connectivity index (χ4v) is 3.29. The fourth-order valence-electron chi connectivity index (χ4n) is 2.21. The lowest BCUT2D eigenvalue weighted by Gasteiger charge is -2.36. The molecule has 0 aromatic carbocycles. The molecule has 1 saturated heterocycles. The molecule has 20 heavy (non-hydrogen) atoms. The van der Waals surface area contributed by atoms with Crippen molar-refractivity contribution < 1.29 is 19.1 Å². The van der Waals surface area contributed by atoms with Gasteiger partial charge in [0.15, 0.2) is 8.32 Å². The summed E-state index contributed by atoms with van der Waals surface area (Å²) in [6.07, 6.45) is 0.710. The molecule has 0 aromatic heterocycles. The van der Waals surface area contributed by atoms with Gasteiger partial charge in [-0.2, -0.15) is 0 Å². The lowest BCUT2D eigenvalue weighted by molar-refractivity contribution is -0.151. The maximum absolute atomic E-state index is 11.5. The predicted octanol–water partition coefficient (Wildman–Crippen LogP) is 3.10. The quantitative estimate of drug-likeness (QED) is 0.482. The van der Waals surface area contributed by atoms with Crippen LogP contribution in [0.2, 0.25) is 18.1 Å². The molecule has 5 heteroatoms. The number of aliphatic hydroxyl groups excluding tert-OH is 1. The smallest absolute Gasteiger partial charge is 0.312 e. The predicted molar refractivity (Wildman–Crippen MR) is 82.1 cm³/mol.